The van der Waals surface area contributed by atoms with Crippen molar-refractivity contribution >= 4 is 23.2 Å². The molecule has 0 radical (unpaired) electrons. The van der Waals surface area contributed by atoms with Gasteiger partial charge in [-0.25, -0.2) is 0 Å². The summed E-state index contributed by atoms with van der Waals surface area (Å²) in [6.45, 7) is 3.72. The van der Waals surface area contributed by atoms with Crippen LogP contribution >= 0.6 is 0 Å². The van der Waals surface area contributed by atoms with E-state index in [1.54, 1.807) is 43.5 Å². The molecule has 2 aromatic rings. The van der Waals surface area contributed by atoms with E-state index in [1.165, 1.54) is 7.11 Å². The van der Waals surface area contributed by atoms with E-state index in [0.717, 1.165) is 6.42 Å². The molecule has 0 bridgehead atoms. The molecule has 2 N–H and O–H groups in total. The molecule has 2 amide bonds. The smallest absolute Gasteiger partial charge is 0.257 e. The lowest BCUT2D eigenvalue weighted by atomic mass is 10.2. The number of aryl methyl sites for hydroxylation is 1. The van der Waals surface area contributed by atoms with Crippen LogP contribution in [0.2, 0.25) is 0 Å². The molecule has 0 fully saturated rings. The summed E-state index contributed by atoms with van der Waals surface area (Å²) in [5.41, 5.74) is 2.32. The molecule has 0 aliphatic heterocycles. The Morgan fingerprint density at radius 1 is 1.21 bits per heavy atom. The number of nitrogens with one attached hydrogen (secondary N) is 2. The molecule has 2 rings (SSSR count). The van der Waals surface area contributed by atoms with Crippen molar-refractivity contribution in [2.24, 2.45) is 0 Å². The van der Waals surface area contributed by atoms with Crippen LogP contribution in [0, 0.1) is 6.92 Å². The Bertz CT molecular complexity index is 744. The van der Waals surface area contributed by atoms with Crippen LogP contribution in [-0.4, -0.2) is 23.9 Å². The van der Waals surface area contributed by atoms with Gasteiger partial charge in [-0.2, -0.15) is 0 Å². The van der Waals surface area contributed by atoms with Crippen LogP contribution in [0.3, 0.4) is 0 Å². The lowest BCUT2D eigenvalue weighted by Crippen LogP contribution is -2.15. The molecule has 126 valence electrons. The van der Waals surface area contributed by atoms with Crippen molar-refractivity contribution in [3.8, 4) is 5.75 Å². The monoisotopic (exact) mass is 327 g/mol. The van der Waals surface area contributed by atoms with Crippen LogP contribution in [0.5, 0.6) is 5.75 Å². The minimum atomic E-state index is -0.245. The standard InChI is InChI=1S/C18H21N3O3/c1-4-6-17(22)21-15-9-8-13(11-16(15)24-3)20-18(23)14-7-5-10-19-12(14)2/h5,7-11H,4,6H2,1-3H3,(H,20,23)(H,21,22). The quantitative estimate of drug-likeness (QED) is 0.852. The fourth-order valence-corrected chi connectivity index (χ4v) is 2.23. The number of carbonyl (C=O) groups is 2. The maximum absolute atomic E-state index is 12.3. The van der Waals surface area contributed by atoms with Gasteiger partial charge < -0.3 is 15.4 Å². The van der Waals surface area contributed by atoms with Crippen LogP contribution in [0.15, 0.2) is 36.5 Å². The summed E-state index contributed by atoms with van der Waals surface area (Å²) in [5, 5.41) is 5.60. The summed E-state index contributed by atoms with van der Waals surface area (Å²) in [7, 11) is 1.52. The number of benzene rings is 1. The molecular weight excluding hydrogens is 306 g/mol. The number of nitrogens with zero attached hydrogens (tertiary/aromatic N) is 1. The van der Waals surface area contributed by atoms with E-state index in [4.69, 9.17) is 4.74 Å². The maximum atomic E-state index is 12.3. The molecule has 0 aliphatic carbocycles. The molecule has 0 atom stereocenters. The van der Waals surface area contributed by atoms with E-state index in [1.807, 2.05) is 6.92 Å². The molecule has 0 saturated carbocycles. The summed E-state index contributed by atoms with van der Waals surface area (Å²) < 4.78 is 5.30. The summed E-state index contributed by atoms with van der Waals surface area (Å²) in [5.74, 6) is 0.171. The normalized spacial score (nSPS) is 10.1. The van der Waals surface area contributed by atoms with Crippen molar-refractivity contribution in [3.63, 3.8) is 0 Å². The molecule has 24 heavy (non-hydrogen) atoms. The van der Waals surface area contributed by atoms with Crippen molar-refractivity contribution in [3.05, 3.63) is 47.8 Å². The van der Waals surface area contributed by atoms with Gasteiger partial charge in [0.25, 0.3) is 5.91 Å². The van der Waals surface area contributed by atoms with Crippen LogP contribution < -0.4 is 15.4 Å². The van der Waals surface area contributed by atoms with E-state index < -0.39 is 0 Å². The SMILES string of the molecule is CCCC(=O)Nc1ccc(NC(=O)c2cccnc2C)cc1OC. The van der Waals surface area contributed by atoms with Gasteiger partial charge in [-0.05, 0) is 37.6 Å². The highest BCUT2D eigenvalue weighted by atomic mass is 16.5. The number of hydrogen-bond donors (Lipinski definition) is 2. The van der Waals surface area contributed by atoms with Gasteiger partial charge in [0.1, 0.15) is 5.75 Å². The molecule has 0 saturated heterocycles. The Hall–Kier alpha value is -2.89. The average molecular weight is 327 g/mol. The number of aromatic nitrogens is 1. The van der Waals surface area contributed by atoms with Crippen LogP contribution in [0.1, 0.15) is 35.8 Å². The third-order valence-corrected chi connectivity index (χ3v) is 3.46. The van der Waals surface area contributed by atoms with E-state index in [0.29, 0.717) is 34.8 Å². The van der Waals surface area contributed by atoms with Gasteiger partial charge in [-0.3, -0.25) is 14.6 Å². The Balaban J connectivity index is 2.16. The average Bonchev–Trinajstić information content (AvgIpc) is 2.56. The number of pyridine rings is 1. The van der Waals surface area contributed by atoms with Crippen LogP contribution in [0.25, 0.3) is 0 Å². The van der Waals surface area contributed by atoms with Gasteiger partial charge in [0.05, 0.1) is 18.4 Å². The van der Waals surface area contributed by atoms with E-state index in [9.17, 15) is 9.59 Å². The van der Waals surface area contributed by atoms with Gasteiger partial charge in [-0.1, -0.05) is 6.92 Å². The number of carbonyl (C=O) groups excluding carboxylic acids is 2. The van der Waals surface area contributed by atoms with Crippen molar-refractivity contribution < 1.29 is 14.3 Å². The zero-order chi connectivity index (χ0) is 17.5. The van der Waals surface area contributed by atoms with Crippen molar-refractivity contribution in [2.75, 3.05) is 17.7 Å². The van der Waals surface area contributed by atoms with Crippen molar-refractivity contribution in [1.82, 2.24) is 4.98 Å². The van der Waals surface area contributed by atoms with Gasteiger partial charge in [0, 0.05) is 30.1 Å². The number of ether oxygens (including phenoxy) is 1. The zero-order valence-electron chi connectivity index (χ0n) is 14.1. The lowest BCUT2D eigenvalue weighted by molar-refractivity contribution is -0.116. The molecule has 1 heterocycles. The topological polar surface area (TPSA) is 80.3 Å². The van der Waals surface area contributed by atoms with E-state index in [2.05, 4.69) is 15.6 Å². The number of amides is 2. The van der Waals surface area contributed by atoms with Crippen molar-refractivity contribution in [2.45, 2.75) is 26.7 Å². The molecule has 0 spiro atoms. The number of hydrogen-bond acceptors (Lipinski definition) is 4. The van der Waals surface area contributed by atoms with E-state index in [-0.39, 0.29) is 11.8 Å². The molecule has 0 aliphatic rings. The Morgan fingerprint density at radius 2 is 2.00 bits per heavy atom. The number of anilines is 2. The first kappa shape index (κ1) is 17.5. The molecule has 6 nitrogen and oxygen atoms in total. The second-order valence-electron chi connectivity index (χ2n) is 5.30. The molecule has 0 unspecified atom stereocenters. The van der Waals surface area contributed by atoms with E-state index >= 15 is 0 Å². The predicted octanol–water partition coefficient (Wildman–Crippen LogP) is 3.39. The summed E-state index contributed by atoms with van der Waals surface area (Å²) in [4.78, 5) is 28.1. The fourth-order valence-electron chi connectivity index (χ4n) is 2.23. The first-order valence-corrected chi connectivity index (χ1v) is 7.76. The third-order valence-electron chi connectivity index (χ3n) is 3.46. The third kappa shape index (κ3) is 4.32. The zero-order valence-corrected chi connectivity index (χ0v) is 14.1. The molecule has 1 aromatic carbocycles. The second-order valence-corrected chi connectivity index (χ2v) is 5.30. The maximum Gasteiger partial charge on any atom is 0.257 e. The van der Waals surface area contributed by atoms with Gasteiger partial charge in [-0.15, -0.1) is 0 Å². The minimum Gasteiger partial charge on any atom is -0.494 e. The van der Waals surface area contributed by atoms with Crippen LogP contribution in [-0.2, 0) is 4.79 Å². The molecule has 1 aromatic heterocycles. The second kappa shape index (κ2) is 8.10. The summed E-state index contributed by atoms with van der Waals surface area (Å²) >= 11 is 0. The Kier molecular flexibility index (Phi) is 5.89. The summed E-state index contributed by atoms with van der Waals surface area (Å²) in [6, 6.07) is 8.53. The minimum absolute atomic E-state index is 0.0708. The van der Waals surface area contributed by atoms with Gasteiger partial charge in [0.15, 0.2) is 0 Å². The first-order chi connectivity index (χ1) is 11.5. The van der Waals surface area contributed by atoms with Crippen molar-refractivity contribution in [1.29, 1.82) is 0 Å². The van der Waals surface area contributed by atoms with Crippen LogP contribution in [0.4, 0.5) is 11.4 Å². The van der Waals surface area contributed by atoms with Gasteiger partial charge in [0.2, 0.25) is 5.91 Å². The van der Waals surface area contributed by atoms with Gasteiger partial charge >= 0.3 is 0 Å². The first-order valence-electron chi connectivity index (χ1n) is 7.76. The fraction of sp³-hybridized carbons (Fsp3) is 0.278. The lowest BCUT2D eigenvalue weighted by Gasteiger charge is -2.13. The number of methoxy groups -OCH3 is 1. The molecular formula is C18H21N3O3. The predicted molar refractivity (Wildman–Crippen MR) is 93.5 cm³/mol. The summed E-state index contributed by atoms with van der Waals surface area (Å²) in [6.07, 6.45) is 2.86. The highest BCUT2D eigenvalue weighted by Crippen LogP contribution is 2.28. The largest absolute Gasteiger partial charge is 0.494 e. The Labute approximate surface area is 141 Å². The Morgan fingerprint density at radius 3 is 2.67 bits per heavy atom. The molecule has 6 heteroatoms. The number of rotatable bonds is 6. The highest BCUT2D eigenvalue weighted by molar-refractivity contribution is 6.05. The highest BCUT2D eigenvalue weighted by Gasteiger charge is 2.12.